The number of hydrogen-bond donors (Lipinski definition) is 0. The summed E-state index contributed by atoms with van der Waals surface area (Å²) in [5.74, 6) is -0.331. The summed E-state index contributed by atoms with van der Waals surface area (Å²) in [7, 11) is 1.38. The van der Waals surface area contributed by atoms with Gasteiger partial charge >= 0.3 is 5.97 Å². The Kier molecular flexibility index (Phi) is 6.71. The zero-order chi connectivity index (χ0) is 19.8. The minimum atomic E-state index is -0.331. The highest BCUT2D eigenvalue weighted by atomic mass is 16.5. The number of carbonyl (C=O) groups excluding carboxylic acids is 2. The Morgan fingerprint density at radius 3 is 1.79 bits per heavy atom. The smallest absolute Gasteiger partial charge is 0.337 e. The summed E-state index contributed by atoms with van der Waals surface area (Å²) in [5.41, 5.74) is 4.72. The molecule has 0 bridgehead atoms. The molecule has 0 saturated carbocycles. The summed E-state index contributed by atoms with van der Waals surface area (Å²) < 4.78 is 4.76. The lowest BCUT2D eigenvalue weighted by Crippen LogP contribution is -2.22. The van der Waals surface area contributed by atoms with Gasteiger partial charge in [0.1, 0.15) is 6.29 Å². The van der Waals surface area contributed by atoms with Crippen molar-refractivity contribution in [3.05, 3.63) is 107 Å². The Morgan fingerprint density at radius 1 is 0.786 bits per heavy atom. The van der Waals surface area contributed by atoms with Crippen molar-refractivity contribution in [2.75, 3.05) is 7.11 Å². The summed E-state index contributed by atoms with van der Waals surface area (Å²) in [6.45, 7) is 2.30. The average Bonchev–Trinajstić information content (AvgIpc) is 2.75. The Bertz CT molecular complexity index is 903. The maximum Gasteiger partial charge on any atom is 0.337 e. The molecular weight excluding hydrogens is 350 g/mol. The maximum absolute atomic E-state index is 11.6. The second kappa shape index (κ2) is 9.62. The molecule has 0 aromatic heterocycles. The van der Waals surface area contributed by atoms with Crippen molar-refractivity contribution in [2.45, 2.75) is 19.6 Å². The molecule has 4 nitrogen and oxygen atoms in total. The highest BCUT2D eigenvalue weighted by molar-refractivity contribution is 5.89. The number of ether oxygens (including phenoxy) is 1. The summed E-state index contributed by atoms with van der Waals surface area (Å²) >= 11 is 0. The van der Waals surface area contributed by atoms with Gasteiger partial charge in [0.2, 0.25) is 0 Å². The monoisotopic (exact) mass is 373 g/mol. The van der Waals surface area contributed by atoms with Crippen LogP contribution in [0.25, 0.3) is 0 Å². The molecule has 4 heteroatoms. The van der Waals surface area contributed by atoms with E-state index in [-0.39, 0.29) is 5.97 Å². The zero-order valence-corrected chi connectivity index (χ0v) is 15.9. The van der Waals surface area contributed by atoms with Crippen molar-refractivity contribution in [1.29, 1.82) is 0 Å². The first kappa shape index (κ1) is 19.5. The Hall–Kier alpha value is -3.24. The fourth-order valence-electron chi connectivity index (χ4n) is 3.09. The lowest BCUT2D eigenvalue weighted by atomic mass is 10.1. The molecule has 0 spiro atoms. The first-order valence-electron chi connectivity index (χ1n) is 9.15. The van der Waals surface area contributed by atoms with Crippen LogP contribution in [-0.2, 0) is 24.4 Å². The summed E-state index contributed by atoms with van der Waals surface area (Å²) in [6.07, 6.45) is 0.856. The number of benzene rings is 3. The molecule has 0 saturated heterocycles. The van der Waals surface area contributed by atoms with E-state index in [4.69, 9.17) is 4.74 Å². The van der Waals surface area contributed by atoms with Crippen molar-refractivity contribution in [3.63, 3.8) is 0 Å². The minimum absolute atomic E-state index is 0.331. The third-order valence-electron chi connectivity index (χ3n) is 4.55. The molecule has 3 aromatic carbocycles. The summed E-state index contributed by atoms with van der Waals surface area (Å²) in [6, 6.07) is 25.5. The molecule has 142 valence electrons. The largest absolute Gasteiger partial charge is 0.465 e. The summed E-state index contributed by atoms with van der Waals surface area (Å²) in [5, 5.41) is 0. The van der Waals surface area contributed by atoms with Crippen LogP contribution in [0.3, 0.4) is 0 Å². The molecule has 0 N–H and O–H groups in total. The lowest BCUT2D eigenvalue weighted by Gasteiger charge is -2.23. The van der Waals surface area contributed by atoms with Gasteiger partial charge in [-0.15, -0.1) is 0 Å². The van der Waals surface area contributed by atoms with Gasteiger partial charge in [0.05, 0.1) is 12.7 Å². The van der Waals surface area contributed by atoms with Crippen molar-refractivity contribution < 1.29 is 14.3 Å². The van der Waals surface area contributed by atoms with E-state index in [1.165, 1.54) is 12.7 Å². The van der Waals surface area contributed by atoms with Gasteiger partial charge in [-0.2, -0.15) is 0 Å². The second-order valence-electron chi connectivity index (χ2n) is 6.68. The molecule has 0 aliphatic rings. The number of methoxy groups -OCH3 is 1. The lowest BCUT2D eigenvalue weighted by molar-refractivity contribution is 0.0600. The summed E-state index contributed by atoms with van der Waals surface area (Å²) in [4.78, 5) is 24.8. The number of carbonyl (C=O) groups is 2. The number of nitrogens with zero attached hydrogens (tertiary/aromatic N) is 1. The van der Waals surface area contributed by atoms with Gasteiger partial charge in [-0.05, 0) is 28.8 Å². The van der Waals surface area contributed by atoms with Crippen molar-refractivity contribution in [2.24, 2.45) is 0 Å². The number of rotatable bonds is 8. The van der Waals surface area contributed by atoms with E-state index in [0.29, 0.717) is 11.1 Å². The normalized spacial score (nSPS) is 10.6. The highest BCUT2D eigenvalue weighted by Crippen LogP contribution is 2.15. The van der Waals surface area contributed by atoms with Gasteiger partial charge < -0.3 is 4.74 Å². The van der Waals surface area contributed by atoms with Gasteiger partial charge in [-0.25, -0.2) is 4.79 Å². The van der Waals surface area contributed by atoms with Crippen LogP contribution in [0.2, 0.25) is 0 Å². The fourth-order valence-corrected chi connectivity index (χ4v) is 3.09. The van der Waals surface area contributed by atoms with Crippen LogP contribution in [0.1, 0.15) is 37.4 Å². The van der Waals surface area contributed by atoms with Crippen LogP contribution in [0, 0.1) is 0 Å². The molecule has 0 heterocycles. The number of hydrogen-bond acceptors (Lipinski definition) is 4. The molecule has 0 unspecified atom stereocenters. The van der Waals surface area contributed by atoms with E-state index < -0.39 is 0 Å². The molecule has 0 amide bonds. The van der Waals surface area contributed by atoms with E-state index in [1.54, 1.807) is 12.1 Å². The Morgan fingerprint density at radius 2 is 1.29 bits per heavy atom. The topological polar surface area (TPSA) is 46.6 Å². The van der Waals surface area contributed by atoms with Crippen molar-refractivity contribution in [3.8, 4) is 0 Å². The Balaban J connectivity index is 1.76. The average molecular weight is 373 g/mol. The molecular formula is C24H23NO3. The van der Waals surface area contributed by atoms with Crippen LogP contribution >= 0.6 is 0 Å². The Labute approximate surface area is 165 Å². The third-order valence-corrected chi connectivity index (χ3v) is 4.55. The second-order valence-corrected chi connectivity index (χ2v) is 6.68. The predicted molar refractivity (Wildman–Crippen MR) is 109 cm³/mol. The van der Waals surface area contributed by atoms with E-state index in [1.807, 2.05) is 54.6 Å². The van der Waals surface area contributed by atoms with E-state index >= 15 is 0 Å². The molecule has 28 heavy (non-hydrogen) atoms. The molecule has 0 radical (unpaired) electrons. The number of aldehydes is 1. The molecule has 3 rings (SSSR count). The number of esters is 1. The van der Waals surface area contributed by atoms with Gasteiger partial charge in [-0.1, -0.05) is 66.7 Å². The quantitative estimate of drug-likeness (QED) is 0.431. The molecule has 0 aliphatic heterocycles. The zero-order valence-electron chi connectivity index (χ0n) is 15.9. The maximum atomic E-state index is 11.6. The van der Waals surface area contributed by atoms with Gasteiger partial charge in [0.15, 0.2) is 0 Å². The van der Waals surface area contributed by atoms with E-state index in [2.05, 4.69) is 17.0 Å². The van der Waals surface area contributed by atoms with Gasteiger partial charge in [0.25, 0.3) is 0 Å². The predicted octanol–water partition coefficient (Wildman–Crippen LogP) is 4.49. The van der Waals surface area contributed by atoms with Crippen LogP contribution in [0.15, 0.2) is 78.9 Å². The van der Waals surface area contributed by atoms with Crippen molar-refractivity contribution >= 4 is 12.3 Å². The SMILES string of the molecule is COC(=O)c1ccc(CN(Cc2ccccc2)Cc2ccc(C=O)cc2)cc1. The van der Waals surface area contributed by atoms with Crippen LogP contribution in [0.5, 0.6) is 0 Å². The fraction of sp³-hybridized carbons (Fsp3) is 0.167. The van der Waals surface area contributed by atoms with Gasteiger partial charge in [0, 0.05) is 25.2 Å². The third kappa shape index (κ3) is 5.38. The highest BCUT2D eigenvalue weighted by Gasteiger charge is 2.10. The van der Waals surface area contributed by atoms with Crippen LogP contribution in [0.4, 0.5) is 0 Å². The van der Waals surface area contributed by atoms with Crippen LogP contribution < -0.4 is 0 Å². The van der Waals surface area contributed by atoms with Crippen molar-refractivity contribution in [1.82, 2.24) is 4.90 Å². The molecule has 0 aliphatic carbocycles. The van der Waals surface area contributed by atoms with Crippen LogP contribution in [-0.4, -0.2) is 24.3 Å². The van der Waals surface area contributed by atoms with E-state index in [9.17, 15) is 9.59 Å². The molecule has 0 atom stereocenters. The van der Waals surface area contributed by atoms with Gasteiger partial charge in [-0.3, -0.25) is 9.69 Å². The minimum Gasteiger partial charge on any atom is -0.465 e. The van der Waals surface area contributed by atoms with E-state index in [0.717, 1.165) is 37.0 Å². The molecule has 0 fully saturated rings. The first-order chi connectivity index (χ1) is 13.7. The molecule has 3 aromatic rings. The first-order valence-corrected chi connectivity index (χ1v) is 9.15. The standard InChI is InChI=1S/C24H23NO3/c1-28-24(27)23-13-11-21(12-14-23)17-25(15-19-5-3-2-4-6-19)16-20-7-9-22(18-26)10-8-20/h2-14,18H,15-17H2,1H3.